The fraction of sp³-hybridized carbons (Fsp3) is 0.250. The first-order chi connectivity index (χ1) is 6.90. The molecule has 0 spiro atoms. The molecule has 2 atom stereocenters. The van der Waals surface area contributed by atoms with Crippen LogP contribution in [0.3, 0.4) is 0 Å². The average Bonchev–Trinajstić information content (AvgIpc) is 2.95. The second-order valence-corrected chi connectivity index (χ2v) is 3.47. The van der Waals surface area contributed by atoms with Gasteiger partial charge in [0.25, 0.3) is 0 Å². The SMILES string of the molecule is N#C/C=C\C1CN1Cc1ccccc1. The molecule has 70 valence electrons. The third kappa shape index (κ3) is 2.21. The molecule has 1 heterocycles. The predicted octanol–water partition coefficient (Wildman–Crippen LogP) is 1.95. The quantitative estimate of drug-likeness (QED) is 0.530. The molecule has 2 nitrogen and oxygen atoms in total. The van der Waals surface area contributed by atoms with Gasteiger partial charge in [0.1, 0.15) is 0 Å². The molecule has 2 rings (SSSR count). The van der Waals surface area contributed by atoms with Crippen molar-refractivity contribution in [2.75, 3.05) is 6.54 Å². The molecule has 1 fully saturated rings. The van der Waals surface area contributed by atoms with Crippen LogP contribution in [0.15, 0.2) is 42.5 Å². The third-order valence-electron chi connectivity index (χ3n) is 2.38. The predicted molar refractivity (Wildman–Crippen MR) is 55.4 cm³/mol. The number of rotatable bonds is 3. The Labute approximate surface area is 84.1 Å². The fourth-order valence-corrected chi connectivity index (χ4v) is 1.53. The van der Waals surface area contributed by atoms with Crippen molar-refractivity contribution in [2.45, 2.75) is 12.6 Å². The highest BCUT2D eigenvalue weighted by Crippen LogP contribution is 2.21. The smallest absolute Gasteiger partial charge is 0.0909 e. The van der Waals surface area contributed by atoms with E-state index in [0.717, 1.165) is 13.1 Å². The second kappa shape index (κ2) is 4.08. The van der Waals surface area contributed by atoms with E-state index in [0.29, 0.717) is 6.04 Å². The van der Waals surface area contributed by atoms with Crippen LogP contribution in [0.4, 0.5) is 0 Å². The molecule has 0 radical (unpaired) electrons. The summed E-state index contributed by atoms with van der Waals surface area (Å²) >= 11 is 0. The number of benzene rings is 1. The maximum absolute atomic E-state index is 8.36. The lowest BCUT2D eigenvalue weighted by molar-refractivity contribution is 0.529. The van der Waals surface area contributed by atoms with Crippen LogP contribution in [0, 0.1) is 11.3 Å². The maximum Gasteiger partial charge on any atom is 0.0909 e. The molecule has 0 N–H and O–H groups in total. The summed E-state index contributed by atoms with van der Waals surface area (Å²) in [5.41, 5.74) is 1.33. The Morgan fingerprint density at radius 3 is 2.93 bits per heavy atom. The van der Waals surface area contributed by atoms with Gasteiger partial charge in [-0.15, -0.1) is 0 Å². The minimum atomic E-state index is 0.481. The molecule has 2 unspecified atom stereocenters. The van der Waals surface area contributed by atoms with E-state index >= 15 is 0 Å². The molecule has 0 aromatic heterocycles. The highest BCUT2D eigenvalue weighted by atomic mass is 15.3. The Morgan fingerprint density at radius 1 is 1.43 bits per heavy atom. The van der Waals surface area contributed by atoms with Crippen LogP contribution in [-0.4, -0.2) is 17.5 Å². The van der Waals surface area contributed by atoms with Gasteiger partial charge in [-0.1, -0.05) is 36.4 Å². The van der Waals surface area contributed by atoms with Crippen LogP contribution < -0.4 is 0 Å². The summed E-state index contributed by atoms with van der Waals surface area (Å²) in [6.07, 6.45) is 3.53. The molecular formula is C12H12N2. The molecule has 0 aliphatic carbocycles. The first-order valence-electron chi connectivity index (χ1n) is 4.74. The van der Waals surface area contributed by atoms with Gasteiger partial charge in [-0.25, -0.2) is 0 Å². The standard InChI is InChI=1S/C12H12N2/c13-8-4-7-12-10-14(12)9-11-5-2-1-3-6-11/h1-7,12H,9-10H2/b7-4-. The van der Waals surface area contributed by atoms with Gasteiger partial charge in [-0.2, -0.15) is 5.26 Å². The summed E-state index contributed by atoms with van der Waals surface area (Å²) in [5, 5.41) is 8.36. The van der Waals surface area contributed by atoms with Gasteiger partial charge in [0.15, 0.2) is 0 Å². The van der Waals surface area contributed by atoms with Crippen molar-refractivity contribution in [1.29, 1.82) is 5.26 Å². The number of hydrogen-bond donors (Lipinski definition) is 0. The largest absolute Gasteiger partial charge is 0.289 e. The van der Waals surface area contributed by atoms with Crippen molar-refractivity contribution >= 4 is 0 Å². The van der Waals surface area contributed by atoms with E-state index in [-0.39, 0.29) is 0 Å². The minimum Gasteiger partial charge on any atom is -0.289 e. The van der Waals surface area contributed by atoms with Crippen molar-refractivity contribution in [1.82, 2.24) is 4.90 Å². The highest BCUT2D eigenvalue weighted by Gasteiger charge is 2.30. The summed E-state index contributed by atoms with van der Waals surface area (Å²) in [5.74, 6) is 0. The van der Waals surface area contributed by atoms with Crippen LogP contribution in [0.25, 0.3) is 0 Å². The maximum atomic E-state index is 8.36. The van der Waals surface area contributed by atoms with Crippen LogP contribution >= 0.6 is 0 Å². The number of nitriles is 1. The molecule has 1 saturated heterocycles. The Bertz CT molecular complexity index is 362. The summed E-state index contributed by atoms with van der Waals surface area (Å²) in [4.78, 5) is 2.32. The first kappa shape index (κ1) is 8.98. The van der Waals surface area contributed by atoms with E-state index < -0.39 is 0 Å². The van der Waals surface area contributed by atoms with Crippen molar-refractivity contribution in [3.8, 4) is 6.07 Å². The summed E-state index contributed by atoms with van der Waals surface area (Å²) in [6, 6.07) is 12.9. The molecular weight excluding hydrogens is 172 g/mol. The fourth-order valence-electron chi connectivity index (χ4n) is 1.53. The van der Waals surface area contributed by atoms with E-state index in [1.165, 1.54) is 5.56 Å². The minimum absolute atomic E-state index is 0.481. The van der Waals surface area contributed by atoms with Gasteiger partial charge in [-0.3, -0.25) is 4.90 Å². The van der Waals surface area contributed by atoms with Crippen LogP contribution in [0.1, 0.15) is 5.56 Å². The zero-order valence-corrected chi connectivity index (χ0v) is 7.93. The molecule has 1 aliphatic rings. The lowest BCUT2D eigenvalue weighted by Crippen LogP contribution is -1.99. The lowest BCUT2D eigenvalue weighted by atomic mass is 10.2. The van der Waals surface area contributed by atoms with Gasteiger partial charge in [0.2, 0.25) is 0 Å². The normalized spacial score (nSPS) is 24.8. The zero-order valence-electron chi connectivity index (χ0n) is 7.93. The zero-order chi connectivity index (χ0) is 9.80. The Hall–Kier alpha value is -1.59. The van der Waals surface area contributed by atoms with Gasteiger partial charge in [-0.05, 0) is 5.56 Å². The van der Waals surface area contributed by atoms with Gasteiger partial charge in [0.05, 0.1) is 6.07 Å². The van der Waals surface area contributed by atoms with Gasteiger partial charge < -0.3 is 0 Å². The Kier molecular flexibility index (Phi) is 2.62. The third-order valence-corrected chi connectivity index (χ3v) is 2.38. The van der Waals surface area contributed by atoms with E-state index in [1.54, 1.807) is 6.08 Å². The average molecular weight is 184 g/mol. The topological polar surface area (TPSA) is 26.8 Å². The molecule has 1 aliphatic heterocycles. The van der Waals surface area contributed by atoms with Crippen molar-refractivity contribution in [3.05, 3.63) is 48.0 Å². The van der Waals surface area contributed by atoms with Crippen LogP contribution in [-0.2, 0) is 6.54 Å². The van der Waals surface area contributed by atoms with Crippen molar-refractivity contribution in [3.63, 3.8) is 0 Å². The van der Waals surface area contributed by atoms with Crippen molar-refractivity contribution in [2.24, 2.45) is 0 Å². The monoisotopic (exact) mass is 184 g/mol. The molecule has 14 heavy (non-hydrogen) atoms. The summed E-state index contributed by atoms with van der Waals surface area (Å²) in [6.45, 7) is 2.06. The number of nitrogens with zero attached hydrogens (tertiary/aromatic N) is 2. The second-order valence-electron chi connectivity index (χ2n) is 3.47. The van der Waals surface area contributed by atoms with Crippen LogP contribution in [0.2, 0.25) is 0 Å². The number of hydrogen-bond acceptors (Lipinski definition) is 2. The lowest BCUT2D eigenvalue weighted by Gasteiger charge is -2.00. The molecule has 0 amide bonds. The molecule has 0 saturated carbocycles. The molecule has 1 aromatic carbocycles. The van der Waals surface area contributed by atoms with Crippen LogP contribution in [0.5, 0.6) is 0 Å². The van der Waals surface area contributed by atoms with Crippen molar-refractivity contribution < 1.29 is 0 Å². The van der Waals surface area contributed by atoms with E-state index in [2.05, 4.69) is 29.2 Å². The van der Waals surface area contributed by atoms with Gasteiger partial charge >= 0.3 is 0 Å². The highest BCUT2D eigenvalue weighted by molar-refractivity contribution is 5.18. The first-order valence-corrected chi connectivity index (χ1v) is 4.74. The Morgan fingerprint density at radius 2 is 2.21 bits per heavy atom. The Balaban J connectivity index is 1.85. The molecule has 0 bridgehead atoms. The molecule has 1 aromatic rings. The summed E-state index contributed by atoms with van der Waals surface area (Å²) < 4.78 is 0. The van der Waals surface area contributed by atoms with E-state index in [9.17, 15) is 0 Å². The van der Waals surface area contributed by atoms with E-state index in [1.807, 2.05) is 18.2 Å². The molecule has 2 heteroatoms. The summed E-state index contributed by atoms with van der Waals surface area (Å²) in [7, 11) is 0. The van der Waals surface area contributed by atoms with Gasteiger partial charge in [0, 0.05) is 25.2 Å². The number of allylic oxidation sites excluding steroid dienone is 1. The van der Waals surface area contributed by atoms with E-state index in [4.69, 9.17) is 5.26 Å².